The van der Waals surface area contributed by atoms with Crippen molar-refractivity contribution in [1.29, 1.82) is 0 Å². The van der Waals surface area contributed by atoms with Gasteiger partial charge in [-0.3, -0.25) is 9.59 Å². The van der Waals surface area contributed by atoms with Crippen molar-refractivity contribution in [3.63, 3.8) is 0 Å². The van der Waals surface area contributed by atoms with Gasteiger partial charge in [-0.25, -0.2) is 9.69 Å². The largest absolute Gasteiger partial charge is 0.481 e. The number of carbonyl (C=O) groups excluding carboxylic acids is 1. The highest BCUT2D eigenvalue weighted by Gasteiger charge is 2.40. The second-order valence-electron chi connectivity index (χ2n) is 5.25. The Morgan fingerprint density at radius 2 is 2.10 bits per heavy atom. The number of carboxylic acids is 1. The molecule has 0 aromatic heterocycles. The van der Waals surface area contributed by atoms with Crippen molar-refractivity contribution in [3.8, 4) is 0 Å². The van der Waals surface area contributed by atoms with E-state index in [-0.39, 0.29) is 12.5 Å². The lowest BCUT2D eigenvalue weighted by molar-refractivity contribution is -0.146. The van der Waals surface area contributed by atoms with Crippen molar-refractivity contribution in [2.24, 2.45) is 11.3 Å². The monoisotopic (exact) mass is 279 g/mol. The van der Waals surface area contributed by atoms with E-state index in [1.807, 2.05) is 0 Å². The van der Waals surface area contributed by atoms with Gasteiger partial charge >= 0.3 is 12.1 Å². The Morgan fingerprint density at radius 3 is 2.60 bits per heavy atom. The molecule has 2 amide bonds. The van der Waals surface area contributed by atoms with E-state index >= 15 is 0 Å². The van der Waals surface area contributed by atoms with Gasteiger partial charge in [-0.15, -0.1) is 0 Å². The highest BCUT2D eigenvalue weighted by atomic mass is 16.4. The zero-order valence-electron chi connectivity index (χ0n) is 11.0. The van der Waals surface area contributed by atoms with E-state index < -0.39 is 23.4 Å². The number of rotatable bonds is 4. The van der Waals surface area contributed by atoms with Crippen molar-refractivity contribution in [1.82, 2.24) is 4.90 Å². The molecular weight excluding hydrogens is 262 g/mol. The molecule has 2 rings (SSSR count). The normalized spacial score (nSPS) is 28.9. The Hall–Kier alpha value is -2.11. The lowest BCUT2D eigenvalue weighted by Crippen LogP contribution is -2.33. The van der Waals surface area contributed by atoms with Crippen molar-refractivity contribution in [3.05, 3.63) is 24.3 Å². The van der Waals surface area contributed by atoms with E-state index in [0.29, 0.717) is 25.7 Å². The minimum absolute atomic E-state index is 0.203. The molecule has 108 valence electrons. The number of nitrogens with zero attached hydrogens (tertiary/aromatic N) is 1. The molecule has 2 unspecified atom stereocenters. The van der Waals surface area contributed by atoms with Crippen LogP contribution in [-0.2, 0) is 9.59 Å². The third kappa shape index (κ3) is 2.59. The maximum atomic E-state index is 11.9. The summed E-state index contributed by atoms with van der Waals surface area (Å²) in [4.78, 5) is 35.0. The summed E-state index contributed by atoms with van der Waals surface area (Å²) >= 11 is 0. The van der Waals surface area contributed by atoms with Gasteiger partial charge in [0.25, 0.3) is 0 Å². The fourth-order valence-corrected chi connectivity index (χ4v) is 2.74. The fourth-order valence-electron chi connectivity index (χ4n) is 2.74. The number of amides is 2. The van der Waals surface area contributed by atoms with Gasteiger partial charge in [0, 0.05) is 12.5 Å². The Kier molecular flexibility index (Phi) is 3.92. The van der Waals surface area contributed by atoms with E-state index in [1.165, 1.54) is 0 Å². The van der Waals surface area contributed by atoms with Gasteiger partial charge in [0.1, 0.15) is 0 Å². The summed E-state index contributed by atoms with van der Waals surface area (Å²) in [6.07, 6.45) is 7.35. The van der Waals surface area contributed by atoms with Crippen LogP contribution in [0.2, 0.25) is 0 Å². The van der Waals surface area contributed by atoms with Crippen LogP contribution in [0.1, 0.15) is 25.7 Å². The highest BCUT2D eigenvalue weighted by Crippen LogP contribution is 2.36. The minimum atomic E-state index is -1.23. The van der Waals surface area contributed by atoms with Gasteiger partial charge in [-0.2, -0.15) is 0 Å². The minimum Gasteiger partial charge on any atom is -0.481 e. The van der Waals surface area contributed by atoms with Gasteiger partial charge in [0.2, 0.25) is 5.91 Å². The summed E-state index contributed by atoms with van der Waals surface area (Å²) in [7, 11) is 0. The molecule has 2 aliphatic rings. The summed E-state index contributed by atoms with van der Waals surface area (Å²) in [5.74, 6) is -1.70. The van der Waals surface area contributed by atoms with Crippen molar-refractivity contribution >= 4 is 18.0 Å². The van der Waals surface area contributed by atoms with Crippen LogP contribution < -0.4 is 0 Å². The second-order valence-corrected chi connectivity index (χ2v) is 5.25. The van der Waals surface area contributed by atoms with E-state index in [1.54, 1.807) is 24.3 Å². The van der Waals surface area contributed by atoms with E-state index in [4.69, 9.17) is 5.11 Å². The molecule has 1 aliphatic heterocycles. The molecular formula is C14H17NO5. The molecule has 6 nitrogen and oxygen atoms in total. The van der Waals surface area contributed by atoms with Gasteiger partial charge in [-0.1, -0.05) is 24.3 Å². The molecule has 1 heterocycles. The van der Waals surface area contributed by atoms with E-state index in [9.17, 15) is 19.5 Å². The first kappa shape index (κ1) is 14.3. The molecule has 1 fully saturated rings. The van der Waals surface area contributed by atoms with Gasteiger partial charge < -0.3 is 10.2 Å². The zero-order valence-corrected chi connectivity index (χ0v) is 11.0. The predicted molar refractivity (Wildman–Crippen MR) is 70.0 cm³/mol. The average Bonchev–Trinajstić information content (AvgIpc) is 2.79. The Labute approximate surface area is 116 Å². The third-order valence-electron chi connectivity index (χ3n) is 4.06. The Bertz CT molecular complexity index is 496. The topological polar surface area (TPSA) is 94.9 Å². The number of hydrogen-bond acceptors (Lipinski definition) is 3. The van der Waals surface area contributed by atoms with Gasteiger partial charge in [-0.05, 0) is 25.7 Å². The van der Waals surface area contributed by atoms with E-state index in [0.717, 1.165) is 4.90 Å². The highest BCUT2D eigenvalue weighted by molar-refractivity contribution is 5.94. The molecule has 0 aromatic carbocycles. The van der Waals surface area contributed by atoms with Crippen LogP contribution in [0.25, 0.3) is 0 Å². The molecule has 0 aromatic rings. The molecule has 0 spiro atoms. The quantitative estimate of drug-likeness (QED) is 0.819. The Morgan fingerprint density at radius 1 is 1.35 bits per heavy atom. The lowest BCUT2D eigenvalue weighted by atomic mass is 9.76. The maximum Gasteiger partial charge on any atom is 0.414 e. The summed E-state index contributed by atoms with van der Waals surface area (Å²) in [6, 6.07) is 0. The first-order valence-corrected chi connectivity index (χ1v) is 6.58. The molecule has 20 heavy (non-hydrogen) atoms. The average molecular weight is 279 g/mol. The number of likely N-dealkylation sites (tertiary alicyclic amines) is 1. The summed E-state index contributed by atoms with van der Waals surface area (Å²) in [6.45, 7) is 0.203. The number of carbonyl (C=O) groups is 3. The first-order chi connectivity index (χ1) is 9.46. The fraction of sp³-hybridized carbons (Fsp3) is 0.500. The SMILES string of the molecule is O=C(O)N1CCC(CCC2(C(=O)O)C=CC=CC2)C1=O. The first-order valence-electron chi connectivity index (χ1n) is 6.58. The standard InChI is InChI=1S/C14H17NO5/c16-11-10(5-9-15(11)13(19)20)4-8-14(12(17)18)6-2-1-3-7-14/h1-3,6,10H,4-5,7-9H2,(H,17,18)(H,19,20). The zero-order chi connectivity index (χ0) is 14.8. The van der Waals surface area contributed by atoms with Crippen LogP contribution in [-0.4, -0.2) is 39.6 Å². The Balaban J connectivity index is 2.00. The number of carboxylic acid groups (broad SMARTS) is 2. The summed E-state index contributed by atoms with van der Waals surface area (Å²) in [5, 5.41) is 18.2. The summed E-state index contributed by atoms with van der Waals surface area (Å²) < 4.78 is 0. The maximum absolute atomic E-state index is 11.9. The van der Waals surface area contributed by atoms with Crippen molar-refractivity contribution < 1.29 is 24.6 Å². The number of hydrogen-bond donors (Lipinski definition) is 2. The smallest absolute Gasteiger partial charge is 0.414 e. The number of aliphatic carboxylic acids is 1. The van der Waals surface area contributed by atoms with Gasteiger partial charge in [0.05, 0.1) is 5.41 Å². The van der Waals surface area contributed by atoms with Crippen molar-refractivity contribution in [2.75, 3.05) is 6.54 Å². The molecule has 2 N–H and O–H groups in total. The van der Waals surface area contributed by atoms with Crippen LogP contribution in [0, 0.1) is 11.3 Å². The molecule has 6 heteroatoms. The third-order valence-corrected chi connectivity index (χ3v) is 4.06. The van der Waals surface area contributed by atoms with Crippen molar-refractivity contribution in [2.45, 2.75) is 25.7 Å². The lowest BCUT2D eigenvalue weighted by Gasteiger charge is -2.27. The molecule has 0 bridgehead atoms. The predicted octanol–water partition coefficient (Wildman–Crippen LogP) is 1.88. The van der Waals surface area contributed by atoms with Crippen LogP contribution >= 0.6 is 0 Å². The van der Waals surface area contributed by atoms with E-state index in [2.05, 4.69) is 0 Å². The molecule has 2 atom stereocenters. The molecule has 1 saturated heterocycles. The molecule has 0 saturated carbocycles. The number of imide groups is 1. The number of allylic oxidation sites excluding steroid dienone is 3. The van der Waals surface area contributed by atoms with Gasteiger partial charge in [0.15, 0.2) is 0 Å². The van der Waals surface area contributed by atoms with Crippen LogP contribution in [0.3, 0.4) is 0 Å². The molecule has 0 radical (unpaired) electrons. The van der Waals surface area contributed by atoms with Crippen LogP contribution in [0.15, 0.2) is 24.3 Å². The van der Waals surface area contributed by atoms with Crippen LogP contribution in [0.4, 0.5) is 4.79 Å². The molecule has 1 aliphatic carbocycles. The van der Waals surface area contributed by atoms with Crippen LogP contribution in [0.5, 0.6) is 0 Å². The second kappa shape index (κ2) is 5.48. The summed E-state index contributed by atoms with van der Waals surface area (Å²) in [5.41, 5.74) is -0.967.